The summed E-state index contributed by atoms with van der Waals surface area (Å²) < 4.78 is 5.32. The zero-order chi connectivity index (χ0) is 14.4. The summed E-state index contributed by atoms with van der Waals surface area (Å²) in [6.07, 6.45) is 9.37. The molecular weight excluding hydrogens is 262 g/mol. The van der Waals surface area contributed by atoms with Gasteiger partial charge in [-0.25, -0.2) is 0 Å². The first-order valence-corrected chi connectivity index (χ1v) is 7.91. The van der Waals surface area contributed by atoms with Crippen LogP contribution in [0.2, 0.25) is 0 Å². The van der Waals surface area contributed by atoms with Gasteiger partial charge in [0.2, 0.25) is 0 Å². The Hall–Kier alpha value is -1.61. The predicted molar refractivity (Wildman–Crippen MR) is 81.4 cm³/mol. The lowest BCUT2D eigenvalue weighted by Gasteiger charge is -2.54. The third kappa shape index (κ3) is 1.95. The van der Waals surface area contributed by atoms with Crippen molar-refractivity contribution in [3.8, 4) is 5.75 Å². The number of ether oxygens (including phenoxy) is 1. The topological polar surface area (TPSA) is 38.3 Å². The number of carbonyl (C=O) groups excluding carboxylic acids is 1. The highest BCUT2D eigenvalue weighted by molar-refractivity contribution is 5.69. The summed E-state index contributed by atoms with van der Waals surface area (Å²) in [5.41, 5.74) is 3.09. The molecule has 4 rings (SSSR count). The van der Waals surface area contributed by atoms with Gasteiger partial charge >= 0.3 is 5.97 Å². The van der Waals surface area contributed by atoms with Crippen LogP contribution in [0.3, 0.4) is 0 Å². The van der Waals surface area contributed by atoms with Crippen LogP contribution in [0.4, 0.5) is 0 Å². The number of rotatable bonds is 1. The van der Waals surface area contributed by atoms with Gasteiger partial charge in [-0.2, -0.15) is 0 Å². The molecule has 110 valence electrons. The van der Waals surface area contributed by atoms with Crippen molar-refractivity contribution in [3.63, 3.8) is 0 Å². The van der Waals surface area contributed by atoms with Crippen LogP contribution in [-0.4, -0.2) is 18.6 Å². The lowest BCUT2D eigenvalue weighted by Crippen LogP contribution is -2.58. The number of carbonyl (C=O) groups is 1. The molecule has 3 heteroatoms. The van der Waals surface area contributed by atoms with Gasteiger partial charge in [0.25, 0.3) is 0 Å². The van der Waals surface area contributed by atoms with Gasteiger partial charge in [-0.15, -0.1) is 0 Å². The predicted octanol–water partition coefficient (Wildman–Crippen LogP) is 2.73. The molecule has 2 aliphatic carbocycles. The number of allylic oxidation sites excluding steroid dienone is 1. The van der Waals surface area contributed by atoms with Crippen LogP contribution < -0.4 is 10.1 Å². The molecule has 21 heavy (non-hydrogen) atoms. The quantitative estimate of drug-likeness (QED) is 0.489. The second kappa shape index (κ2) is 4.70. The highest BCUT2D eigenvalue weighted by Crippen LogP contribution is 2.52. The molecule has 0 saturated carbocycles. The van der Waals surface area contributed by atoms with Crippen LogP contribution in [0.5, 0.6) is 5.75 Å². The van der Waals surface area contributed by atoms with Gasteiger partial charge in [0, 0.05) is 24.3 Å². The van der Waals surface area contributed by atoms with E-state index in [2.05, 4.69) is 29.6 Å². The van der Waals surface area contributed by atoms with Gasteiger partial charge in [-0.3, -0.25) is 4.79 Å². The molecule has 1 heterocycles. The van der Waals surface area contributed by atoms with Gasteiger partial charge in [0.15, 0.2) is 0 Å². The molecule has 2 bridgehead atoms. The summed E-state index contributed by atoms with van der Waals surface area (Å²) in [4.78, 5) is 11.2. The maximum atomic E-state index is 11.2. The minimum atomic E-state index is -0.244. The number of piperidine rings is 1. The summed E-state index contributed by atoms with van der Waals surface area (Å²) >= 11 is 0. The third-order valence-electron chi connectivity index (χ3n) is 5.47. The smallest absolute Gasteiger partial charge is 0.308 e. The Kier molecular flexibility index (Phi) is 2.93. The lowest BCUT2D eigenvalue weighted by molar-refractivity contribution is -0.131. The monoisotopic (exact) mass is 283 g/mol. The van der Waals surface area contributed by atoms with E-state index in [1.54, 1.807) is 0 Å². The molecule has 1 saturated heterocycles. The Morgan fingerprint density at radius 3 is 3.14 bits per heavy atom. The van der Waals surface area contributed by atoms with Crippen LogP contribution in [0, 0.1) is 5.92 Å². The highest BCUT2D eigenvalue weighted by atomic mass is 16.5. The second-order valence-electron chi connectivity index (χ2n) is 6.58. The van der Waals surface area contributed by atoms with Gasteiger partial charge in [-0.1, -0.05) is 18.2 Å². The van der Waals surface area contributed by atoms with Crippen molar-refractivity contribution >= 4 is 5.97 Å². The number of benzene rings is 1. The van der Waals surface area contributed by atoms with Gasteiger partial charge < -0.3 is 10.1 Å². The SMILES string of the molecule is CC(=O)Oc1ccc2c(c1)[C@@]13CCC=C[C@H]1[C@@H](C2)NCC3. The minimum Gasteiger partial charge on any atom is -0.427 e. The van der Waals surface area contributed by atoms with Crippen molar-refractivity contribution in [1.29, 1.82) is 0 Å². The standard InChI is InChI=1S/C18H21NO2/c1-12(20)21-14-6-5-13-10-17-15-4-2-3-7-18(15,8-9-19-17)16(13)11-14/h2,4-6,11,15,17,19H,3,7-10H2,1H3/t15-,17+,18+/m0/s1. The number of hydrogen-bond acceptors (Lipinski definition) is 3. The summed E-state index contributed by atoms with van der Waals surface area (Å²) in [5.74, 6) is 1.03. The van der Waals surface area contributed by atoms with Gasteiger partial charge in [0.05, 0.1) is 0 Å². The minimum absolute atomic E-state index is 0.244. The molecule has 1 N–H and O–H groups in total. The Bertz CT molecular complexity index is 622. The molecule has 3 atom stereocenters. The largest absolute Gasteiger partial charge is 0.427 e. The van der Waals surface area contributed by atoms with Crippen molar-refractivity contribution < 1.29 is 9.53 Å². The average Bonchev–Trinajstić information content (AvgIpc) is 2.47. The third-order valence-corrected chi connectivity index (χ3v) is 5.47. The number of esters is 1. The first-order valence-electron chi connectivity index (χ1n) is 7.91. The van der Waals surface area contributed by atoms with E-state index < -0.39 is 0 Å². The summed E-state index contributed by atoms with van der Waals surface area (Å²) in [6.45, 7) is 2.55. The van der Waals surface area contributed by atoms with E-state index in [1.807, 2.05) is 6.07 Å². The molecule has 1 aromatic carbocycles. The van der Waals surface area contributed by atoms with Crippen LogP contribution in [0.15, 0.2) is 30.4 Å². The molecule has 0 unspecified atom stereocenters. The Morgan fingerprint density at radius 1 is 1.38 bits per heavy atom. The molecule has 1 fully saturated rings. The zero-order valence-electron chi connectivity index (χ0n) is 12.4. The lowest BCUT2D eigenvalue weighted by atomic mass is 9.54. The van der Waals surface area contributed by atoms with E-state index in [0.717, 1.165) is 19.4 Å². The summed E-state index contributed by atoms with van der Waals surface area (Å²) in [7, 11) is 0. The molecule has 0 radical (unpaired) electrons. The van der Waals surface area contributed by atoms with Crippen LogP contribution in [0.1, 0.15) is 37.3 Å². The molecule has 3 nitrogen and oxygen atoms in total. The van der Waals surface area contributed by atoms with E-state index in [-0.39, 0.29) is 11.4 Å². The normalized spacial score (nSPS) is 33.0. The highest BCUT2D eigenvalue weighted by Gasteiger charge is 2.50. The maximum absolute atomic E-state index is 11.2. The Balaban J connectivity index is 1.84. The summed E-state index contributed by atoms with van der Waals surface area (Å²) in [5, 5.41) is 3.70. The van der Waals surface area contributed by atoms with Crippen molar-refractivity contribution in [2.45, 2.75) is 44.1 Å². The second-order valence-corrected chi connectivity index (χ2v) is 6.58. The molecule has 1 aliphatic heterocycles. The number of hydrogen-bond donors (Lipinski definition) is 1. The number of nitrogens with one attached hydrogen (secondary N) is 1. The number of fused-ring (bicyclic) bond motifs is 1. The first-order chi connectivity index (χ1) is 10.2. The van der Waals surface area contributed by atoms with Crippen molar-refractivity contribution in [2.75, 3.05) is 6.54 Å². The molecule has 0 amide bonds. The molecule has 0 aromatic heterocycles. The first kappa shape index (κ1) is 13.1. The summed E-state index contributed by atoms with van der Waals surface area (Å²) in [6, 6.07) is 6.78. The fourth-order valence-corrected chi connectivity index (χ4v) is 4.66. The van der Waals surface area contributed by atoms with E-state index in [1.165, 1.54) is 30.9 Å². The Labute approximate surface area is 125 Å². The fourth-order valence-electron chi connectivity index (χ4n) is 4.66. The van der Waals surface area contributed by atoms with Crippen molar-refractivity contribution in [2.24, 2.45) is 5.92 Å². The van der Waals surface area contributed by atoms with E-state index >= 15 is 0 Å². The molecule has 0 spiro atoms. The van der Waals surface area contributed by atoms with E-state index in [4.69, 9.17) is 4.74 Å². The average molecular weight is 283 g/mol. The van der Waals surface area contributed by atoms with Crippen LogP contribution >= 0.6 is 0 Å². The van der Waals surface area contributed by atoms with Gasteiger partial charge in [-0.05, 0) is 55.5 Å². The molecule has 1 aromatic rings. The van der Waals surface area contributed by atoms with Crippen molar-refractivity contribution in [3.05, 3.63) is 41.5 Å². The van der Waals surface area contributed by atoms with Crippen LogP contribution in [-0.2, 0) is 16.6 Å². The van der Waals surface area contributed by atoms with Crippen LogP contribution in [0.25, 0.3) is 0 Å². The molecule has 3 aliphatic rings. The zero-order valence-corrected chi connectivity index (χ0v) is 12.4. The Morgan fingerprint density at radius 2 is 2.29 bits per heavy atom. The van der Waals surface area contributed by atoms with Gasteiger partial charge in [0.1, 0.15) is 5.75 Å². The van der Waals surface area contributed by atoms with E-state index in [0.29, 0.717) is 17.7 Å². The molecular formula is C18H21NO2. The van der Waals surface area contributed by atoms with E-state index in [9.17, 15) is 4.79 Å². The maximum Gasteiger partial charge on any atom is 0.308 e. The fraction of sp³-hybridized carbons (Fsp3) is 0.500. The van der Waals surface area contributed by atoms with Crippen molar-refractivity contribution in [1.82, 2.24) is 5.32 Å².